The fraction of sp³-hybridized carbons (Fsp3) is 0.583. The average molecular weight is 192 g/mol. The molecule has 0 fully saturated rings. The van der Waals surface area contributed by atoms with Gasteiger partial charge in [0.25, 0.3) is 0 Å². The van der Waals surface area contributed by atoms with Gasteiger partial charge in [-0.3, -0.25) is 0 Å². The number of hydrogen-bond acceptors (Lipinski definition) is 0. The maximum Gasteiger partial charge on any atom is 0.0984 e. The second-order valence-corrected chi connectivity index (χ2v) is 9.21. The summed E-state index contributed by atoms with van der Waals surface area (Å²) in [5, 5.41) is 1.16. The number of hydrogen-bond donors (Lipinski definition) is 0. The molecule has 0 rings (SSSR count). The lowest BCUT2D eigenvalue weighted by atomic mass is 10.2. The summed E-state index contributed by atoms with van der Waals surface area (Å²) >= 11 is 0. The molecule has 0 saturated heterocycles. The minimum absolute atomic E-state index is 1.01. The Labute approximate surface area is 83.8 Å². The molecule has 72 valence electrons. The Morgan fingerprint density at radius 1 is 1.31 bits per heavy atom. The number of rotatable bonds is 3. The Balaban J connectivity index is 4.29. The van der Waals surface area contributed by atoms with Crippen molar-refractivity contribution >= 4 is 8.07 Å². The molecule has 0 aromatic rings. The van der Waals surface area contributed by atoms with Crippen molar-refractivity contribution in [1.82, 2.24) is 0 Å². The highest BCUT2D eigenvalue weighted by atomic mass is 28.3. The van der Waals surface area contributed by atoms with Gasteiger partial charge in [0.2, 0.25) is 0 Å². The Hall–Kier alpha value is -0.703. The van der Waals surface area contributed by atoms with E-state index in [-0.39, 0.29) is 0 Å². The van der Waals surface area contributed by atoms with Gasteiger partial charge in [-0.2, -0.15) is 0 Å². The zero-order chi connectivity index (χ0) is 10.3. The van der Waals surface area contributed by atoms with E-state index in [1.165, 1.54) is 12.8 Å². The van der Waals surface area contributed by atoms with Crippen molar-refractivity contribution in [3.8, 4) is 11.8 Å². The summed E-state index contributed by atoms with van der Waals surface area (Å²) in [7, 11) is -1.28. The molecule has 0 aliphatic heterocycles. The maximum absolute atomic E-state index is 3.70. The Kier molecular flexibility index (Phi) is 5.54. The van der Waals surface area contributed by atoms with Crippen molar-refractivity contribution in [3.63, 3.8) is 0 Å². The van der Waals surface area contributed by atoms with Crippen molar-refractivity contribution in [2.75, 3.05) is 0 Å². The van der Waals surface area contributed by atoms with Crippen LogP contribution < -0.4 is 0 Å². The summed E-state index contributed by atoms with van der Waals surface area (Å²) in [6, 6.07) is 0. The van der Waals surface area contributed by atoms with Crippen LogP contribution >= 0.6 is 0 Å². The quantitative estimate of drug-likeness (QED) is 0.276. The molecule has 0 saturated carbocycles. The van der Waals surface area contributed by atoms with E-state index < -0.39 is 8.07 Å². The molecule has 0 aliphatic carbocycles. The molecule has 0 spiro atoms. The highest BCUT2D eigenvalue weighted by Gasteiger charge is 2.17. The van der Waals surface area contributed by atoms with E-state index in [1.807, 2.05) is 0 Å². The summed E-state index contributed by atoms with van der Waals surface area (Å²) in [6.07, 6.45) is 3.42. The first-order valence-electron chi connectivity index (χ1n) is 4.91. The molecule has 0 amide bonds. The van der Waals surface area contributed by atoms with Crippen LogP contribution in [0.1, 0.15) is 26.2 Å². The van der Waals surface area contributed by atoms with Gasteiger partial charge in [0.15, 0.2) is 0 Å². The van der Waals surface area contributed by atoms with Gasteiger partial charge in [0.05, 0.1) is 8.07 Å². The first-order chi connectivity index (χ1) is 6.02. The smallest absolute Gasteiger partial charge is 0.0984 e. The normalized spacial score (nSPS) is 9.85. The Morgan fingerprint density at radius 3 is 2.31 bits per heavy atom. The summed E-state index contributed by atoms with van der Waals surface area (Å²) in [5.74, 6) is 6.39. The van der Waals surface area contributed by atoms with E-state index in [0.29, 0.717) is 0 Å². The van der Waals surface area contributed by atoms with Gasteiger partial charge >= 0.3 is 0 Å². The fourth-order valence-electron chi connectivity index (χ4n) is 0.913. The fourth-order valence-corrected chi connectivity index (χ4v) is 1.91. The third-order valence-electron chi connectivity index (χ3n) is 1.80. The van der Waals surface area contributed by atoms with Gasteiger partial charge in [-0.1, -0.05) is 51.4 Å². The van der Waals surface area contributed by atoms with Gasteiger partial charge in [0.1, 0.15) is 0 Å². The second-order valence-electron chi connectivity index (χ2n) is 4.21. The first kappa shape index (κ1) is 12.3. The molecule has 0 aliphatic rings. The third-order valence-corrected chi connectivity index (χ3v) is 3.60. The number of allylic oxidation sites excluding steroid dienone is 1. The van der Waals surface area contributed by atoms with Gasteiger partial charge in [-0.05, 0) is 6.42 Å². The molecule has 1 heteroatoms. The predicted molar refractivity (Wildman–Crippen MR) is 63.3 cm³/mol. The highest BCUT2D eigenvalue weighted by molar-refractivity contribution is 6.84. The minimum atomic E-state index is -1.28. The van der Waals surface area contributed by atoms with Crippen LogP contribution in [-0.4, -0.2) is 8.07 Å². The summed E-state index contributed by atoms with van der Waals surface area (Å²) in [6.45, 7) is 12.7. The molecular formula is C12H20Si. The molecule has 0 heterocycles. The van der Waals surface area contributed by atoms with Crippen LogP contribution in [0.2, 0.25) is 19.6 Å². The van der Waals surface area contributed by atoms with E-state index in [2.05, 4.69) is 50.7 Å². The van der Waals surface area contributed by atoms with E-state index in [1.54, 1.807) is 0 Å². The minimum Gasteiger partial charge on any atom is -0.121 e. The Bertz CT molecular complexity index is 251. The SMILES string of the molecule is C=C=C(C#CCCCC)[Si](C)(C)C. The summed E-state index contributed by atoms with van der Waals surface area (Å²) in [5.41, 5.74) is 2.97. The lowest BCUT2D eigenvalue weighted by molar-refractivity contribution is 0.828. The van der Waals surface area contributed by atoms with Crippen molar-refractivity contribution < 1.29 is 0 Å². The summed E-state index contributed by atoms with van der Waals surface area (Å²) in [4.78, 5) is 0. The molecule has 0 atom stereocenters. The highest BCUT2D eigenvalue weighted by Crippen LogP contribution is 2.11. The molecule has 0 aromatic heterocycles. The van der Waals surface area contributed by atoms with E-state index in [9.17, 15) is 0 Å². The van der Waals surface area contributed by atoms with Crippen LogP contribution in [0, 0.1) is 11.8 Å². The van der Waals surface area contributed by atoms with E-state index in [0.717, 1.165) is 11.6 Å². The molecule has 0 bridgehead atoms. The molecule has 0 radical (unpaired) electrons. The second kappa shape index (κ2) is 5.86. The Morgan fingerprint density at radius 2 is 1.92 bits per heavy atom. The van der Waals surface area contributed by atoms with Crippen LogP contribution in [0.5, 0.6) is 0 Å². The largest absolute Gasteiger partial charge is 0.121 e. The maximum atomic E-state index is 3.70. The molecular weight excluding hydrogens is 172 g/mol. The molecule has 0 nitrogen and oxygen atoms in total. The average Bonchev–Trinajstić information content (AvgIpc) is 2.02. The van der Waals surface area contributed by atoms with Gasteiger partial charge in [-0.25, -0.2) is 0 Å². The predicted octanol–water partition coefficient (Wildman–Crippen LogP) is 3.77. The van der Waals surface area contributed by atoms with Crippen LogP contribution in [0.4, 0.5) is 0 Å². The van der Waals surface area contributed by atoms with E-state index >= 15 is 0 Å². The zero-order valence-electron chi connectivity index (χ0n) is 9.33. The monoisotopic (exact) mass is 192 g/mol. The first-order valence-corrected chi connectivity index (χ1v) is 8.41. The van der Waals surface area contributed by atoms with Gasteiger partial charge in [-0.15, -0.1) is 5.73 Å². The van der Waals surface area contributed by atoms with Gasteiger partial charge < -0.3 is 0 Å². The number of unbranched alkanes of at least 4 members (excludes halogenated alkanes) is 2. The summed E-state index contributed by atoms with van der Waals surface area (Å²) < 4.78 is 0. The zero-order valence-corrected chi connectivity index (χ0v) is 10.3. The molecule has 13 heavy (non-hydrogen) atoms. The van der Waals surface area contributed by atoms with Crippen molar-refractivity contribution in [2.24, 2.45) is 0 Å². The molecule has 0 aromatic carbocycles. The van der Waals surface area contributed by atoms with Crippen molar-refractivity contribution in [2.45, 2.75) is 45.8 Å². The molecule has 0 unspecified atom stereocenters. The van der Waals surface area contributed by atoms with Gasteiger partial charge in [0, 0.05) is 11.6 Å². The van der Waals surface area contributed by atoms with Crippen LogP contribution in [0.15, 0.2) is 17.5 Å². The van der Waals surface area contributed by atoms with Crippen LogP contribution in [-0.2, 0) is 0 Å². The lowest BCUT2D eigenvalue weighted by Gasteiger charge is -2.12. The van der Waals surface area contributed by atoms with Crippen LogP contribution in [0.25, 0.3) is 0 Å². The molecule has 0 N–H and O–H groups in total. The van der Waals surface area contributed by atoms with Crippen molar-refractivity contribution in [1.29, 1.82) is 0 Å². The third kappa shape index (κ3) is 5.52. The lowest BCUT2D eigenvalue weighted by Crippen LogP contribution is -2.22. The van der Waals surface area contributed by atoms with E-state index in [4.69, 9.17) is 0 Å². The topological polar surface area (TPSA) is 0 Å². The van der Waals surface area contributed by atoms with Crippen molar-refractivity contribution in [3.05, 3.63) is 17.5 Å². The van der Waals surface area contributed by atoms with Crippen LogP contribution in [0.3, 0.4) is 0 Å². The standard InChI is InChI=1S/C12H20Si/c1-6-8-9-10-11-12(7-2)13(3,4)5/h2,6,8-9H2,1,3-5H3.